The monoisotopic (exact) mass is 400 g/mol. The maximum atomic E-state index is 12.9. The predicted molar refractivity (Wildman–Crippen MR) is 115 cm³/mol. The zero-order chi connectivity index (χ0) is 21.1. The molecular formula is C24H21FN4O. The summed E-state index contributed by atoms with van der Waals surface area (Å²) in [6, 6.07) is 14.9. The molecule has 0 aliphatic heterocycles. The third-order valence-electron chi connectivity index (χ3n) is 5.08. The van der Waals surface area contributed by atoms with Crippen molar-refractivity contribution in [2.24, 2.45) is 5.73 Å². The zero-order valence-electron chi connectivity index (χ0n) is 16.6. The van der Waals surface area contributed by atoms with E-state index < -0.39 is 12.6 Å². The van der Waals surface area contributed by atoms with Gasteiger partial charge in [0, 0.05) is 17.8 Å². The Morgan fingerprint density at radius 1 is 0.933 bits per heavy atom. The summed E-state index contributed by atoms with van der Waals surface area (Å²) in [6.45, 7) is 1.34. The quantitative estimate of drug-likeness (QED) is 0.522. The maximum Gasteiger partial charge on any atom is 0.267 e. The number of carbonyl (C=O) groups excluding carboxylic acids is 1. The molecule has 0 spiro atoms. The van der Waals surface area contributed by atoms with Crippen LogP contribution in [0.15, 0.2) is 60.9 Å². The summed E-state index contributed by atoms with van der Waals surface area (Å²) in [5, 5.41) is 0.912. The summed E-state index contributed by atoms with van der Waals surface area (Å²) in [7, 11) is 0. The van der Waals surface area contributed by atoms with Crippen LogP contribution < -0.4 is 5.73 Å². The number of hydrogen-bond donors (Lipinski definition) is 1. The fraction of sp³-hybridized carbons (Fsp3) is 0.167. The molecule has 2 heterocycles. The van der Waals surface area contributed by atoms with Crippen LogP contribution in [0.25, 0.3) is 22.0 Å². The van der Waals surface area contributed by atoms with Crippen LogP contribution in [0, 0.1) is 6.92 Å². The molecule has 4 rings (SSSR count). The molecule has 5 nitrogen and oxygen atoms in total. The lowest BCUT2D eigenvalue weighted by Crippen LogP contribution is -2.13. The van der Waals surface area contributed by atoms with Gasteiger partial charge in [-0.15, -0.1) is 0 Å². The molecule has 2 aromatic heterocycles. The Hall–Kier alpha value is -3.67. The van der Waals surface area contributed by atoms with Crippen LogP contribution in [0.5, 0.6) is 0 Å². The molecule has 2 aromatic carbocycles. The molecule has 0 fully saturated rings. The molecule has 30 heavy (non-hydrogen) atoms. The van der Waals surface area contributed by atoms with Crippen molar-refractivity contribution < 1.29 is 9.18 Å². The number of primary amides is 1. The summed E-state index contributed by atoms with van der Waals surface area (Å²) < 4.78 is 12.9. The second-order valence-electron chi connectivity index (χ2n) is 7.24. The minimum atomic E-state index is -0.583. The Morgan fingerprint density at radius 3 is 2.27 bits per heavy atom. The van der Waals surface area contributed by atoms with Gasteiger partial charge >= 0.3 is 0 Å². The highest BCUT2D eigenvalue weighted by atomic mass is 19.1. The number of pyridine rings is 1. The molecule has 1 amide bonds. The van der Waals surface area contributed by atoms with E-state index in [1.165, 1.54) is 0 Å². The Bertz CT molecular complexity index is 1200. The number of alkyl halides is 1. The van der Waals surface area contributed by atoms with Gasteiger partial charge in [0.15, 0.2) is 0 Å². The number of aromatic nitrogens is 3. The molecule has 0 aliphatic carbocycles. The average Bonchev–Trinajstić information content (AvgIpc) is 2.77. The third-order valence-corrected chi connectivity index (χ3v) is 5.08. The van der Waals surface area contributed by atoms with Crippen molar-refractivity contribution >= 4 is 16.8 Å². The number of hydrogen-bond acceptors (Lipinski definition) is 4. The maximum absolute atomic E-state index is 12.9. The minimum Gasteiger partial charge on any atom is -0.364 e. The number of halogens is 1. The van der Waals surface area contributed by atoms with Crippen molar-refractivity contribution in [3.63, 3.8) is 0 Å². The van der Waals surface area contributed by atoms with E-state index in [1.54, 1.807) is 18.2 Å². The summed E-state index contributed by atoms with van der Waals surface area (Å²) in [5.74, 6) is 0.167. The highest BCUT2D eigenvalue weighted by molar-refractivity contribution is 6.00. The fourth-order valence-corrected chi connectivity index (χ4v) is 3.41. The Balaban J connectivity index is 1.71. The molecule has 0 aliphatic rings. The summed E-state index contributed by atoms with van der Waals surface area (Å²) in [5.41, 5.74) is 10.9. The molecule has 150 valence electrons. The second kappa shape index (κ2) is 8.37. The van der Waals surface area contributed by atoms with Gasteiger partial charge in [0.25, 0.3) is 5.91 Å². The lowest BCUT2D eigenvalue weighted by atomic mass is 9.97. The Labute approximate surface area is 173 Å². The van der Waals surface area contributed by atoms with Crippen LogP contribution in [-0.2, 0) is 19.5 Å². The smallest absolute Gasteiger partial charge is 0.267 e. The molecule has 0 saturated heterocycles. The van der Waals surface area contributed by atoms with Gasteiger partial charge in [-0.3, -0.25) is 4.79 Å². The van der Waals surface area contributed by atoms with Crippen molar-refractivity contribution in [2.75, 3.05) is 0 Å². The van der Waals surface area contributed by atoms with Gasteiger partial charge in [0.2, 0.25) is 0 Å². The molecule has 6 heteroatoms. The van der Waals surface area contributed by atoms with Crippen molar-refractivity contribution in [3.8, 4) is 11.1 Å². The molecule has 0 unspecified atom stereocenters. The van der Waals surface area contributed by atoms with E-state index >= 15 is 0 Å². The van der Waals surface area contributed by atoms with Gasteiger partial charge in [-0.25, -0.2) is 19.3 Å². The van der Waals surface area contributed by atoms with Crippen molar-refractivity contribution in [3.05, 3.63) is 89.1 Å². The third kappa shape index (κ3) is 4.17. The van der Waals surface area contributed by atoms with Crippen LogP contribution in [0.4, 0.5) is 4.39 Å². The Kier molecular flexibility index (Phi) is 5.48. The van der Waals surface area contributed by atoms with Crippen molar-refractivity contribution in [1.82, 2.24) is 15.0 Å². The van der Waals surface area contributed by atoms with Gasteiger partial charge < -0.3 is 5.73 Å². The highest BCUT2D eigenvalue weighted by Crippen LogP contribution is 2.30. The highest BCUT2D eigenvalue weighted by Gasteiger charge is 2.12. The van der Waals surface area contributed by atoms with Crippen LogP contribution in [0.2, 0.25) is 0 Å². The van der Waals surface area contributed by atoms with Crippen LogP contribution >= 0.6 is 0 Å². The largest absolute Gasteiger partial charge is 0.364 e. The lowest BCUT2D eigenvalue weighted by molar-refractivity contribution is 0.0996. The van der Waals surface area contributed by atoms with Crippen LogP contribution in [0.3, 0.4) is 0 Å². The van der Waals surface area contributed by atoms with Gasteiger partial charge in [-0.2, -0.15) is 0 Å². The van der Waals surface area contributed by atoms with E-state index in [-0.39, 0.29) is 5.69 Å². The van der Waals surface area contributed by atoms with Crippen molar-refractivity contribution in [1.29, 1.82) is 0 Å². The van der Waals surface area contributed by atoms with E-state index in [0.29, 0.717) is 11.1 Å². The average molecular weight is 400 g/mol. The van der Waals surface area contributed by atoms with E-state index in [1.807, 2.05) is 43.6 Å². The molecule has 0 bridgehead atoms. The van der Waals surface area contributed by atoms with Crippen molar-refractivity contribution in [2.45, 2.75) is 26.4 Å². The summed E-state index contributed by atoms with van der Waals surface area (Å²) in [4.78, 5) is 24.8. The topological polar surface area (TPSA) is 81.8 Å². The first kappa shape index (κ1) is 19.6. The van der Waals surface area contributed by atoms with Gasteiger partial charge in [0.1, 0.15) is 18.2 Å². The molecule has 0 saturated carbocycles. The zero-order valence-corrected chi connectivity index (χ0v) is 16.6. The summed E-state index contributed by atoms with van der Waals surface area (Å²) in [6.07, 6.45) is 5.28. The molecule has 0 atom stereocenters. The van der Waals surface area contributed by atoms with Crippen LogP contribution in [-0.4, -0.2) is 20.9 Å². The number of fused-ring (bicyclic) bond motifs is 1. The first-order chi connectivity index (χ1) is 14.5. The van der Waals surface area contributed by atoms with E-state index in [9.17, 15) is 9.18 Å². The number of aryl methyl sites for hydroxylation is 3. The lowest BCUT2D eigenvalue weighted by Gasteiger charge is -2.11. The first-order valence-electron chi connectivity index (χ1n) is 9.70. The van der Waals surface area contributed by atoms with E-state index in [2.05, 4.69) is 21.0 Å². The normalized spacial score (nSPS) is 11.0. The number of amides is 1. The molecule has 0 radical (unpaired) electrons. The van der Waals surface area contributed by atoms with Gasteiger partial charge in [0.05, 0.1) is 5.52 Å². The number of nitrogens with two attached hydrogens (primary N) is 1. The summed E-state index contributed by atoms with van der Waals surface area (Å²) >= 11 is 0. The van der Waals surface area contributed by atoms with Crippen LogP contribution in [0.1, 0.15) is 33.0 Å². The van der Waals surface area contributed by atoms with Gasteiger partial charge in [-0.05, 0) is 59.7 Å². The molecular weight excluding hydrogens is 379 g/mol. The second-order valence-corrected chi connectivity index (χ2v) is 7.24. The fourth-order valence-electron chi connectivity index (χ4n) is 3.41. The standard InChI is InChI=1S/C24H21FN4O/c1-15-27-13-18(14-28-15)3-2-16-6-9-20-21(19-7-4-17(12-25)5-8-19)11-23(24(26)30)29-22(20)10-16/h4-11,13-14H,2-3,12H2,1H3,(H2,26,30). The SMILES string of the molecule is Cc1ncc(CCc2ccc3c(-c4ccc(CF)cc4)cc(C(N)=O)nc3c2)cn1. The number of benzene rings is 2. The first-order valence-corrected chi connectivity index (χ1v) is 9.70. The van der Waals surface area contributed by atoms with Gasteiger partial charge in [-0.1, -0.05) is 36.4 Å². The Morgan fingerprint density at radius 2 is 1.60 bits per heavy atom. The molecule has 2 N–H and O–H groups in total. The predicted octanol–water partition coefficient (Wildman–Crippen LogP) is 4.35. The van der Waals surface area contributed by atoms with E-state index in [0.717, 1.165) is 46.3 Å². The number of carbonyl (C=O) groups is 1. The minimum absolute atomic E-state index is 0.205. The number of nitrogens with zero attached hydrogens (tertiary/aromatic N) is 3. The van der Waals surface area contributed by atoms with E-state index in [4.69, 9.17) is 5.73 Å². The number of rotatable bonds is 6. The molecule has 4 aromatic rings.